The molecule has 1 aromatic carbocycles. The second-order valence-electron chi connectivity index (χ2n) is 7.73. The first-order valence-electron chi connectivity index (χ1n) is 11.3. The molecule has 0 atom stereocenters. The van der Waals surface area contributed by atoms with Crippen LogP contribution < -0.4 is 14.8 Å². The second-order valence-corrected chi connectivity index (χ2v) is 8.67. The molecule has 0 aliphatic heterocycles. The van der Waals surface area contributed by atoms with Gasteiger partial charge in [-0.25, -0.2) is 4.98 Å². The molecule has 0 saturated carbocycles. The summed E-state index contributed by atoms with van der Waals surface area (Å²) < 4.78 is 18.3. The number of hydrogen-bond donors (Lipinski definition) is 1. The third-order valence-electron chi connectivity index (χ3n) is 5.39. The minimum Gasteiger partial charge on any atom is -0.497 e. The molecular weight excluding hydrogens is 438 g/mol. The fourth-order valence-corrected chi connectivity index (χ4v) is 4.22. The number of rotatable bonds is 13. The van der Waals surface area contributed by atoms with E-state index in [9.17, 15) is 4.79 Å². The molecule has 0 radical (unpaired) electrons. The molecule has 0 spiro atoms. The van der Waals surface area contributed by atoms with E-state index in [0.717, 1.165) is 59.4 Å². The van der Waals surface area contributed by atoms with E-state index < -0.39 is 0 Å². The molecule has 3 aromatic rings. The molecule has 1 amide bonds. The van der Waals surface area contributed by atoms with E-state index in [0.29, 0.717) is 25.3 Å². The number of thiazole rings is 1. The van der Waals surface area contributed by atoms with Gasteiger partial charge in [0, 0.05) is 37.9 Å². The maximum atomic E-state index is 12.8. The fraction of sp³-hybridized carbons (Fsp3) is 0.440. The van der Waals surface area contributed by atoms with Gasteiger partial charge in [-0.05, 0) is 50.1 Å². The summed E-state index contributed by atoms with van der Waals surface area (Å²) in [5.41, 5.74) is 3.50. The van der Waals surface area contributed by atoms with Crippen LogP contribution in [0.25, 0.3) is 11.4 Å². The number of amides is 1. The highest BCUT2D eigenvalue weighted by atomic mass is 32.1. The first-order chi connectivity index (χ1) is 16.1. The van der Waals surface area contributed by atoms with Gasteiger partial charge < -0.3 is 24.1 Å². The van der Waals surface area contributed by atoms with E-state index in [1.165, 1.54) is 0 Å². The minimum atomic E-state index is -0.0570. The van der Waals surface area contributed by atoms with Crippen molar-refractivity contribution < 1.29 is 19.0 Å². The lowest BCUT2D eigenvalue weighted by molar-refractivity contribution is 0.0948. The molecule has 0 aliphatic rings. The van der Waals surface area contributed by atoms with E-state index in [2.05, 4.69) is 16.8 Å². The number of nitrogens with one attached hydrogen (secondary N) is 1. The maximum Gasteiger partial charge on any atom is 0.253 e. The Morgan fingerprint density at radius 2 is 1.91 bits per heavy atom. The number of hydrogen-bond acceptors (Lipinski definition) is 6. The average molecular weight is 472 g/mol. The van der Waals surface area contributed by atoms with Crippen LogP contribution in [0.5, 0.6) is 11.5 Å². The number of unbranched alkanes of at least 4 members (excludes halogenated alkanes) is 1. The first-order valence-corrected chi connectivity index (χ1v) is 12.1. The molecule has 2 heterocycles. The summed E-state index contributed by atoms with van der Waals surface area (Å²) in [7, 11) is 3.30. The molecule has 7 nitrogen and oxygen atoms in total. The van der Waals surface area contributed by atoms with Gasteiger partial charge in [-0.3, -0.25) is 4.79 Å². The standard InChI is InChI=1S/C25H33N3O4S/c1-5-6-13-28-18(2)21(25(29)26-12-7-14-30-3)15-23(28)22-17-33-24(27-22)16-32-20-10-8-19(31-4)9-11-20/h8-11,15,17H,5-7,12-14,16H2,1-4H3,(H,26,29). The smallest absolute Gasteiger partial charge is 0.253 e. The van der Waals surface area contributed by atoms with Crippen LogP contribution in [0.15, 0.2) is 35.7 Å². The van der Waals surface area contributed by atoms with E-state index >= 15 is 0 Å². The van der Waals surface area contributed by atoms with Crippen molar-refractivity contribution in [3.05, 3.63) is 52.0 Å². The summed E-state index contributed by atoms with van der Waals surface area (Å²) in [6.07, 6.45) is 2.90. The molecule has 2 aromatic heterocycles. The van der Waals surface area contributed by atoms with E-state index in [1.807, 2.05) is 42.6 Å². The van der Waals surface area contributed by atoms with E-state index in [4.69, 9.17) is 19.2 Å². The number of carbonyl (C=O) groups excluding carboxylic acids is 1. The molecular formula is C25H33N3O4S. The zero-order chi connectivity index (χ0) is 23.6. The van der Waals surface area contributed by atoms with Crippen LogP contribution in [0.2, 0.25) is 0 Å². The van der Waals surface area contributed by atoms with Gasteiger partial charge in [0.25, 0.3) is 5.91 Å². The SMILES string of the molecule is CCCCn1c(-c2csc(COc3ccc(OC)cc3)n2)cc(C(=O)NCCCOC)c1C. The van der Waals surface area contributed by atoms with Crippen molar-refractivity contribution in [3.8, 4) is 22.9 Å². The molecule has 33 heavy (non-hydrogen) atoms. The summed E-state index contributed by atoms with van der Waals surface area (Å²) in [6.45, 7) is 6.62. The Kier molecular flexibility index (Phi) is 9.33. The summed E-state index contributed by atoms with van der Waals surface area (Å²) in [4.78, 5) is 17.6. The normalized spacial score (nSPS) is 10.9. The van der Waals surface area contributed by atoms with Gasteiger partial charge in [-0.15, -0.1) is 11.3 Å². The van der Waals surface area contributed by atoms with Crippen molar-refractivity contribution >= 4 is 17.2 Å². The first kappa shape index (κ1) is 24.8. The van der Waals surface area contributed by atoms with Crippen molar-refractivity contribution in [1.29, 1.82) is 0 Å². The summed E-state index contributed by atoms with van der Waals surface area (Å²) >= 11 is 1.56. The third-order valence-corrected chi connectivity index (χ3v) is 6.22. The van der Waals surface area contributed by atoms with Gasteiger partial charge in [-0.1, -0.05) is 13.3 Å². The number of methoxy groups -OCH3 is 2. The van der Waals surface area contributed by atoms with E-state index in [1.54, 1.807) is 25.6 Å². The Labute approximate surface area is 199 Å². The summed E-state index contributed by atoms with van der Waals surface area (Å²) in [6, 6.07) is 9.45. The molecule has 0 fully saturated rings. The van der Waals surface area contributed by atoms with Gasteiger partial charge in [0.1, 0.15) is 23.1 Å². The molecule has 0 bridgehead atoms. The lowest BCUT2D eigenvalue weighted by Gasteiger charge is -2.10. The Morgan fingerprint density at radius 1 is 1.15 bits per heavy atom. The van der Waals surface area contributed by atoms with Crippen molar-refractivity contribution in [1.82, 2.24) is 14.9 Å². The molecule has 3 rings (SSSR count). The number of carbonyl (C=O) groups is 1. The second kappa shape index (κ2) is 12.4. The Balaban J connectivity index is 1.75. The van der Waals surface area contributed by atoms with Crippen LogP contribution in [0.1, 0.15) is 47.2 Å². The van der Waals surface area contributed by atoms with Crippen LogP contribution in [-0.2, 0) is 17.9 Å². The largest absolute Gasteiger partial charge is 0.497 e. The highest BCUT2D eigenvalue weighted by molar-refractivity contribution is 7.09. The predicted octanol–water partition coefficient (Wildman–Crippen LogP) is 5.07. The molecule has 8 heteroatoms. The molecule has 0 unspecified atom stereocenters. The Bertz CT molecular complexity index is 1030. The van der Waals surface area contributed by atoms with Crippen LogP contribution in [0.4, 0.5) is 0 Å². The maximum absolute atomic E-state index is 12.8. The van der Waals surface area contributed by atoms with Crippen LogP contribution in [0, 0.1) is 6.92 Å². The lowest BCUT2D eigenvalue weighted by atomic mass is 10.2. The summed E-state index contributed by atoms with van der Waals surface area (Å²) in [5, 5.41) is 5.91. The number of aromatic nitrogens is 2. The molecule has 0 saturated heterocycles. The van der Waals surface area contributed by atoms with Crippen LogP contribution in [0.3, 0.4) is 0 Å². The predicted molar refractivity (Wildman–Crippen MR) is 131 cm³/mol. The fourth-order valence-electron chi connectivity index (χ4n) is 3.52. The van der Waals surface area contributed by atoms with Gasteiger partial charge in [0.2, 0.25) is 0 Å². The van der Waals surface area contributed by atoms with E-state index in [-0.39, 0.29) is 5.91 Å². The topological polar surface area (TPSA) is 74.6 Å². The minimum absolute atomic E-state index is 0.0570. The number of benzene rings is 1. The van der Waals surface area contributed by atoms with Gasteiger partial charge in [0.05, 0.1) is 24.1 Å². The molecule has 0 aliphatic carbocycles. The van der Waals surface area contributed by atoms with Gasteiger partial charge in [-0.2, -0.15) is 0 Å². The highest BCUT2D eigenvalue weighted by Gasteiger charge is 2.20. The zero-order valence-corrected chi connectivity index (χ0v) is 20.7. The van der Waals surface area contributed by atoms with Crippen molar-refractivity contribution in [3.63, 3.8) is 0 Å². The van der Waals surface area contributed by atoms with Crippen LogP contribution in [-0.4, -0.2) is 42.8 Å². The van der Waals surface area contributed by atoms with Crippen molar-refractivity contribution in [2.24, 2.45) is 0 Å². The molecule has 178 valence electrons. The summed E-state index contributed by atoms with van der Waals surface area (Å²) in [5.74, 6) is 1.50. The Hall–Kier alpha value is -2.84. The van der Waals surface area contributed by atoms with Crippen molar-refractivity contribution in [2.45, 2.75) is 46.3 Å². The monoisotopic (exact) mass is 471 g/mol. The third kappa shape index (κ3) is 6.58. The zero-order valence-electron chi connectivity index (χ0n) is 19.8. The number of nitrogens with zero attached hydrogens (tertiary/aromatic N) is 2. The Morgan fingerprint density at radius 3 is 2.61 bits per heavy atom. The quantitative estimate of drug-likeness (QED) is 0.352. The molecule has 1 N–H and O–H groups in total. The van der Waals surface area contributed by atoms with Crippen LogP contribution >= 0.6 is 11.3 Å². The highest BCUT2D eigenvalue weighted by Crippen LogP contribution is 2.28. The average Bonchev–Trinajstić information content (AvgIpc) is 3.43. The van der Waals surface area contributed by atoms with Gasteiger partial charge >= 0.3 is 0 Å². The number of ether oxygens (including phenoxy) is 3. The lowest BCUT2D eigenvalue weighted by Crippen LogP contribution is -2.25. The van der Waals surface area contributed by atoms with Gasteiger partial charge in [0.15, 0.2) is 0 Å². The van der Waals surface area contributed by atoms with Crippen molar-refractivity contribution in [2.75, 3.05) is 27.4 Å².